The summed E-state index contributed by atoms with van der Waals surface area (Å²) in [4.78, 5) is 15.3. The molecule has 1 aromatic carbocycles. The Kier molecular flexibility index (Phi) is 3.10. The number of nitrogens with one attached hydrogen (secondary N) is 1. The van der Waals surface area contributed by atoms with E-state index < -0.39 is 11.9 Å². The van der Waals surface area contributed by atoms with Crippen molar-refractivity contribution in [1.82, 2.24) is 10.3 Å². The van der Waals surface area contributed by atoms with Gasteiger partial charge in [-0.15, -0.1) is 0 Å². The van der Waals surface area contributed by atoms with Gasteiger partial charge in [-0.25, -0.2) is 4.98 Å². The van der Waals surface area contributed by atoms with Crippen molar-refractivity contribution in [1.29, 1.82) is 0 Å². The number of oxazole rings is 1. The lowest BCUT2D eigenvalue weighted by Gasteiger charge is -2.11. The number of aryl methyl sites for hydroxylation is 1. The molecule has 5 heteroatoms. The minimum Gasteiger partial charge on any atom is -0.481 e. The summed E-state index contributed by atoms with van der Waals surface area (Å²) in [5, 5.41) is 12.0. The van der Waals surface area contributed by atoms with Crippen LogP contribution in [0.25, 0.3) is 11.1 Å². The molecule has 1 atom stereocenters. The van der Waals surface area contributed by atoms with E-state index in [-0.39, 0.29) is 0 Å². The van der Waals surface area contributed by atoms with Crippen LogP contribution in [0.5, 0.6) is 0 Å². The first-order valence-electron chi connectivity index (χ1n) is 5.36. The predicted octanol–water partition coefficient (Wildman–Crippen LogP) is 1.52. The zero-order chi connectivity index (χ0) is 12.4. The van der Waals surface area contributed by atoms with E-state index in [2.05, 4.69) is 10.3 Å². The van der Waals surface area contributed by atoms with Gasteiger partial charge in [0.25, 0.3) is 0 Å². The lowest BCUT2D eigenvalue weighted by Crippen LogP contribution is -2.23. The van der Waals surface area contributed by atoms with Crippen molar-refractivity contribution in [2.45, 2.75) is 12.8 Å². The van der Waals surface area contributed by atoms with Gasteiger partial charge < -0.3 is 14.8 Å². The van der Waals surface area contributed by atoms with E-state index in [9.17, 15) is 4.79 Å². The molecule has 1 heterocycles. The average Bonchev–Trinajstić information content (AvgIpc) is 2.64. The number of carboxylic acids is 1. The predicted molar refractivity (Wildman–Crippen MR) is 63.0 cm³/mol. The van der Waals surface area contributed by atoms with Crippen LogP contribution in [0.4, 0.5) is 0 Å². The highest BCUT2D eigenvalue weighted by atomic mass is 16.4. The van der Waals surface area contributed by atoms with Gasteiger partial charge in [-0.2, -0.15) is 0 Å². The summed E-state index contributed by atoms with van der Waals surface area (Å²) in [7, 11) is 1.73. The number of nitrogens with zero attached hydrogens (tertiary/aromatic N) is 1. The molecule has 1 aromatic heterocycles. The van der Waals surface area contributed by atoms with Crippen LogP contribution in [0.1, 0.15) is 17.4 Å². The van der Waals surface area contributed by atoms with E-state index in [1.165, 1.54) is 0 Å². The quantitative estimate of drug-likeness (QED) is 0.839. The third-order valence-corrected chi connectivity index (χ3v) is 2.63. The second-order valence-corrected chi connectivity index (χ2v) is 3.91. The van der Waals surface area contributed by atoms with Gasteiger partial charge in [0.15, 0.2) is 11.5 Å². The zero-order valence-electron chi connectivity index (χ0n) is 9.73. The highest BCUT2D eigenvalue weighted by molar-refractivity contribution is 5.80. The Morgan fingerprint density at radius 3 is 3.00 bits per heavy atom. The topological polar surface area (TPSA) is 75.4 Å². The Hall–Kier alpha value is -1.88. The van der Waals surface area contributed by atoms with E-state index in [0.717, 1.165) is 11.1 Å². The molecule has 0 saturated heterocycles. The molecule has 0 aliphatic heterocycles. The summed E-state index contributed by atoms with van der Waals surface area (Å²) in [5.74, 6) is -0.845. The second kappa shape index (κ2) is 4.55. The molecule has 2 rings (SSSR count). The van der Waals surface area contributed by atoms with Crippen molar-refractivity contribution in [3.05, 3.63) is 29.7 Å². The molecule has 0 saturated carbocycles. The van der Waals surface area contributed by atoms with E-state index in [4.69, 9.17) is 9.52 Å². The fourth-order valence-electron chi connectivity index (χ4n) is 1.83. The van der Waals surface area contributed by atoms with Crippen molar-refractivity contribution in [2.75, 3.05) is 13.6 Å². The van der Waals surface area contributed by atoms with Crippen molar-refractivity contribution in [2.24, 2.45) is 0 Å². The highest BCUT2D eigenvalue weighted by Crippen LogP contribution is 2.22. The first-order chi connectivity index (χ1) is 8.11. The molecule has 0 aliphatic carbocycles. The first kappa shape index (κ1) is 11.6. The molecular formula is C12H14N2O3. The van der Waals surface area contributed by atoms with Gasteiger partial charge in [0.2, 0.25) is 0 Å². The molecule has 2 aromatic rings. The smallest absolute Gasteiger partial charge is 0.312 e. The second-order valence-electron chi connectivity index (χ2n) is 3.91. The Labute approximate surface area is 98.5 Å². The maximum atomic E-state index is 11.1. The minimum atomic E-state index is -0.852. The number of hydrogen-bond acceptors (Lipinski definition) is 4. The fourth-order valence-corrected chi connectivity index (χ4v) is 1.83. The number of aliphatic carboxylic acids is 1. The van der Waals surface area contributed by atoms with Crippen LogP contribution >= 0.6 is 0 Å². The average molecular weight is 234 g/mol. The number of fused-ring (bicyclic) bond motifs is 1. The molecule has 0 amide bonds. The standard InChI is InChI=1S/C12H14N2O3/c1-7-14-10-4-3-8(5-11(10)17-7)9(6-13-2)12(15)16/h3-5,9,13H,6H2,1-2H3,(H,15,16). The summed E-state index contributed by atoms with van der Waals surface area (Å²) in [6.45, 7) is 2.15. The van der Waals surface area contributed by atoms with Gasteiger partial charge in [0, 0.05) is 13.5 Å². The summed E-state index contributed by atoms with van der Waals surface area (Å²) < 4.78 is 5.39. The lowest BCUT2D eigenvalue weighted by atomic mass is 9.99. The summed E-state index contributed by atoms with van der Waals surface area (Å²) in [5.41, 5.74) is 2.10. The van der Waals surface area contributed by atoms with Crippen LogP contribution in [0.15, 0.2) is 22.6 Å². The number of hydrogen-bond donors (Lipinski definition) is 2. The summed E-state index contributed by atoms with van der Waals surface area (Å²) in [6, 6.07) is 5.30. The van der Waals surface area contributed by atoms with Crippen LogP contribution in [-0.2, 0) is 4.79 Å². The molecule has 0 spiro atoms. The maximum absolute atomic E-state index is 11.1. The maximum Gasteiger partial charge on any atom is 0.312 e. The van der Waals surface area contributed by atoms with Crippen LogP contribution in [0, 0.1) is 6.92 Å². The highest BCUT2D eigenvalue weighted by Gasteiger charge is 2.19. The van der Waals surface area contributed by atoms with Gasteiger partial charge in [-0.05, 0) is 24.7 Å². The summed E-state index contributed by atoms with van der Waals surface area (Å²) in [6.07, 6.45) is 0. The van der Waals surface area contributed by atoms with Crippen molar-refractivity contribution in [3.8, 4) is 0 Å². The Balaban J connectivity index is 2.42. The van der Waals surface area contributed by atoms with E-state index in [1.807, 2.05) is 0 Å². The Bertz CT molecular complexity index is 548. The zero-order valence-corrected chi connectivity index (χ0v) is 9.73. The third kappa shape index (κ3) is 2.29. The molecule has 0 fully saturated rings. The Morgan fingerprint density at radius 1 is 1.59 bits per heavy atom. The minimum absolute atomic E-state index is 0.383. The monoisotopic (exact) mass is 234 g/mol. The van der Waals surface area contributed by atoms with Gasteiger partial charge in [-0.3, -0.25) is 4.79 Å². The van der Waals surface area contributed by atoms with Crippen LogP contribution < -0.4 is 5.32 Å². The van der Waals surface area contributed by atoms with Gasteiger partial charge in [0.05, 0.1) is 5.92 Å². The molecule has 90 valence electrons. The van der Waals surface area contributed by atoms with Crippen molar-refractivity contribution in [3.63, 3.8) is 0 Å². The Morgan fingerprint density at radius 2 is 2.35 bits per heavy atom. The normalized spacial score (nSPS) is 12.8. The number of benzene rings is 1. The SMILES string of the molecule is CNCC(C(=O)O)c1ccc2nc(C)oc2c1. The van der Waals surface area contributed by atoms with E-state index >= 15 is 0 Å². The van der Waals surface area contributed by atoms with Gasteiger partial charge in [-0.1, -0.05) is 6.07 Å². The van der Waals surface area contributed by atoms with E-state index in [0.29, 0.717) is 18.0 Å². The number of aromatic nitrogens is 1. The van der Waals surface area contributed by atoms with E-state index in [1.54, 1.807) is 32.2 Å². The molecule has 5 nitrogen and oxygen atoms in total. The molecule has 17 heavy (non-hydrogen) atoms. The molecular weight excluding hydrogens is 220 g/mol. The lowest BCUT2D eigenvalue weighted by molar-refractivity contribution is -0.138. The van der Waals surface area contributed by atoms with Crippen molar-refractivity contribution < 1.29 is 14.3 Å². The van der Waals surface area contributed by atoms with Crippen LogP contribution in [0.3, 0.4) is 0 Å². The number of carbonyl (C=O) groups is 1. The molecule has 0 bridgehead atoms. The van der Waals surface area contributed by atoms with Gasteiger partial charge in [0.1, 0.15) is 5.52 Å². The molecule has 0 aliphatic rings. The molecule has 2 N–H and O–H groups in total. The molecule has 0 radical (unpaired) electrons. The molecule has 1 unspecified atom stereocenters. The largest absolute Gasteiger partial charge is 0.481 e. The number of rotatable bonds is 4. The van der Waals surface area contributed by atoms with Crippen molar-refractivity contribution >= 4 is 17.1 Å². The number of carboxylic acid groups (broad SMARTS) is 1. The summed E-state index contributed by atoms with van der Waals surface area (Å²) >= 11 is 0. The number of likely N-dealkylation sites (N-methyl/N-ethyl adjacent to an activating group) is 1. The van der Waals surface area contributed by atoms with Crippen LogP contribution in [-0.4, -0.2) is 29.7 Å². The first-order valence-corrected chi connectivity index (χ1v) is 5.36. The fraction of sp³-hybridized carbons (Fsp3) is 0.333. The van der Waals surface area contributed by atoms with Gasteiger partial charge >= 0.3 is 5.97 Å². The third-order valence-electron chi connectivity index (χ3n) is 2.63. The van der Waals surface area contributed by atoms with Crippen LogP contribution in [0.2, 0.25) is 0 Å².